The molecule has 0 saturated heterocycles. The van der Waals surface area contributed by atoms with Crippen LogP contribution in [0.15, 0.2) is 12.3 Å². The number of rotatable bonds is 2. The summed E-state index contributed by atoms with van der Waals surface area (Å²) in [5, 5.41) is 18.8. The SMILES string of the molecule is Cc1c(N2CCc3ncc(C(F)(F)F)cc3C2)nn(C=N)c(=N)c1C(F)(F)F. The van der Waals surface area contributed by atoms with E-state index in [1.165, 1.54) is 4.90 Å². The Hall–Kier alpha value is -2.92. The minimum atomic E-state index is -4.84. The number of hydrogen-bond donors (Lipinski definition) is 2. The molecule has 0 aromatic carbocycles. The lowest BCUT2D eigenvalue weighted by molar-refractivity contribution is -0.140. The summed E-state index contributed by atoms with van der Waals surface area (Å²) in [4.78, 5) is 5.22. The van der Waals surface area contributed by atoms with Crippen LogP contribution in [0.25, 0.3) is 0 Å². The third kappa shape index (κ3) is 3.45. The van der Waals surface area contributed by atoms with E-state index in [0.29, 0.717) is 16.7 Å². The number of fused-ring (bicyclic) bond motifs is 1. The fourth-order valence-electron chi connectivity index (χ4n) is 3.13. The summed E-state index contributed by atoms with van der Waals surface area (Å²) in [6, 6.07) is 0.929. The first-order chi connectivity index (χ1) is 12.9. The smallest absolute Gasteiger partial charge is 0.350 e. The maximum atomic E-state index is 13.4. The van der Waals surface area contributed by atoms with Gasteiger partial charge >= 0.3 is 12.4 Å². The molecule has 0 bridgehead atoms. The molecular weight excluding hydrogens is 390 g/mol. The van der Waals surface area contributed by atoms with Gasteiger partial charge < -0.3 is 4.90 Å². The van der Waals surface area contributed by atoms with Crippen molar-refractivity contribution in [2.24, 2.45) is 0 Å². The van der Waals surface area contributed by atoms with Gasteiger partial charge in [0.05, 0.1) is 5.56 Å². The van der Waals surface area contributed by atoms with Crippen LogP contribution in [0.4, 0.5) is 32.2 Å². The first-order valence-corrected chi connectivity index (χ1v) is 7.99. The van der Waals surface area contributed by atoms with Crippen molar-refractivity contribution in [2.75, 3.05) is 11.4 Å². The van der Waals surface area contributed by atoms with Gasteiger partial charge in [0.1, 0.15) is 11.9 Å². The molecule has 12 heteroatoms. The van der Waals surface area contributed by atoms with E-state index < -0.39 is 29.0 Å². The van der Waals surface area contributed by atoms with Crippen LogP contribution in [0.3, 0.4) is 0 Å². The second kappa shape index (κ2) is 6.60. The summed E-state index contributed by atoms with van der Waals surface area (Å²) in [5.74, 6) is -0.144. The molecule has 0 unspecified atom stereocenters. The van der Waals surface area contributed by atoms with Crippen molar-refractivity contribution < 1.29 is 26.3 Å². The van der Waals surface area contributed by atoms with Crippen molar-refractivity contribution in [2.45, 2.75) is 32.2 Å². The van der Waals surface area contributed by atoms with Crippen LogP contribution in [0.2, 0.25) is 0 Å². The van der Waals surface area contributed by atoms with Crippen LogP contribution < -0.4 is 10.4 Å². The number of pyridine rings is 1. The van der Waals surface area contributed by atoms with Gasteiger partial charge in [-0.25, -0.2) is 4.68 Å². The number of nitrogens with zero attached hydrogens (tertiary/aromatic N) is 4. The average Bonchev–Trinajstić information content (AvgIpc) is 2.59. The first-order valence-electron chi connectivity index (χ1n) is 7.99. The molecule has 1 aliphatic heterocycles. The molecule has 0 spiro atoms. The molecular formula is C16H14F6N6. The molecule has 2 aromatic rings. The Bertz CT molecular complexity index is 991. The number of anilines is 1. The molecule has 150 valence electrons. The van der Waals surface area contributed by atoms with Crippen molar-refractivity contribution in [1.29, 1.82) is 10.8 Å². The Morgan fingerprint density at radius 1 is 1.14 bits per heavy atom. The summed E-state index contributed by atoms with van der Waals surface area (Å²) in [7, 11) is 0. The van der Waals surface area contributed by atoms with E-state index in [0.717, 1.165) is 19.2 Å². The quantitative estimate of drug-likeness (QED) is 0.459. The molecule has 0 atom stereocenters. The van der Waals surface area contributed by atoms with Gasteiger partial charge in [-0.3, -0.25) is 15.8 Å². The van der Waals surface area contributed by atoms with Gasteiger partial charge in [0.2, 0.25) is 0 Å². The summed E-state index contributed by atoms with van der Waals surface area (Å²) in [6.07, 6.45) is -8.00. The molecule has 6 nitrogen and oxygen atoms in total. The minimum absolute atomic E-state index is 0.118. The van der Waals surface area contributed by atoms with Crippen LogP contribution in [0.5, 0.6) is 0 Å². The van der Waals surface area contributed by atoms with Crippen molar-refractivity contribution >= 4 is 12.2 Å². The summed E-state index contributed by atoms with van der Waals surface area (Å²) in [6.45, 7) is 1.22. The minimum Gasteiger partial charge on any atom is -0.350 e. The van der Waals surface area contributed by atoms with Crippen molar-refractivity contribution in [3.63, 3.8) is 0 Å². The Morgan fingerprint density at radius 3 is 2.39 bits per heavy atom. The number of nitrogens with one attached hydrogen (secondary N) is 2. The molecule has 1 aliphatic rings. The van der Waals surface area contributed by atoms with Crippen LogP contribution in [0, 0.1) is 17.7 Å². The Labute approximate surface area is 154 Å². The van der Waals surface area contributed by atoms with E-state index >= 15 is 0 Å². The third-order valence-corrected chi connectivity index (χ3v) is 4.45. The molecule has 28 heavy (non-hydrogen) atoms. The summed E-state index contributed by atoms with van der Waals surface area (Å²) < 4.78 is 79.5. The molecule has 3 heterocycles. The maximum Gasteiger partial charge on any atom is 0.420 e. The summed E-state index contributed by atoms with van der Waals surface area (Å²) in [5.41, 5.74) is -2.80. The molecule has 3 rings (SSSR count). The molecule has 0 fully saturated rings. The number of hydrogen-bond acceptors (Lipinski definition) is 5. The van der Waals surface area contributed by atoms with Gasteiger partial charge in [-0.1, -0.05) is 0 Å². The van der Waals surface area contributed by atoms with Crippen molar-refractivity contribution in [1.82, 2.24) is 14.8 Å². The van der Waals surface area contributed by atoms with Gasteiger partial charge in [-0.2, -0.15) is 26.3 Å². The van der Waals surface area contributed by atoms with Gasteiger partial charge in [0, 0.05) is 37.0 Å². The molecule has 2 aromatic heterocycles. The normalized spacial score (nSPS) is 14.8. The molecule has 0 radical (unpaired) electrons. The van der Waals surface area contributed by atoms with E-state index in [1.807, 2.05) is 0 Å². The van der Waals surface area contributed by atoms with Crippen molar-refractivity contribution in [3.05, 3.63) is 45.7 Å². The first kappa shape index (κ1) is 19.8. The Kier molecular flexibility index (Phi) is 4.68. The highest BCUT2D eigenvalue weighted by molar-refractivity contribution is 5.58. The lowest BCUT2D eigenvalue weighted by Gasteiger charge is -2.31. The molecule has 0 amide bonds. The molecule has 2 N–H and O–H groups in total. The van der Waals surface area contributed by atoms with Crippen LogP contribution in [0.1, 0.15) is 27.9 Å². The number of halogens is 6. The molecule has 0 saturated carbocycles. The fourth-order valence-corrected chi connectivity index (χ4v) is 3.13. The van der Waals surface area contributed by atoms with E-state index in [-0.39, 0.29) is 36.5 Å². The average molecular weight is 404 g/mol. The fraction of sp³-hybridized carbons (Fsp3) is 0.375. The number of aromatic nitrogens is 3. The second-order valence-electron chi connectivity index (χ2n) is 6.24. The zero-order valence-electron chi connectivity index (χ0n) is 14.4. The topological polar surface area (TPSA) is 81.7 Å². The predicted octanol–water partition coefficient (Wildman–Crippen LogP) is 3.12. The van der Waals surface area contributed by atoms with Gasteiger partial charge in [0.25, 0.3) is 0 Å². The highest BCUT2D eigenvalue weighted by Crippen LogP contribution is 2.35. The van der Waals surface area contributed by atoms with Crippen LogP contribution in [-0.2, 0) is 25.3 Å². The highest BCUT2D eigenvalue weighted by atomic mass is 19.4. The van der Waals surface area contributed by atoms with E-state index in [9.17, 15) is 26.3 Å². The summed E-state index contributed by atoms with van der Waals surface area (Å²) >= 11 is 0. The van der Waals surface area contributed by atoms with E-state index in [4.69, 9.17) is 10.8 Å². The van der Waals surface area contributed by atoms with Gasteiger partial charge in [0.15, 0.2) is 11.3 Å². The van der Waals surface area contributed by atoms with Gasteiger partial charge in [-0.05, 0) is 18.6 Å². The molecule has 0 aliphatic carbocycles. The van der Waals surface area contributed by atoms with E-state index in [2.05, 4.69) is 10.1 Å². The van der Waals surface area contributed by atoms with Crippen LogP contribution >= 0.6 is 0 Å². The second-order valence-corrected chi connectivity index (χ2v) is 6.24. The highest BCUT2D eigenvalue weighted by Gasteiger charge is 2.38. The standard InChI is InChI=1S/C16H14F6N6/c1-8-12(16(20,21)22)13(24)28(7-23)26-14(8)27-3-2-11-9(6-27)4-10(5-25-11)15(17,18)19/h4-5,7,23-24H,2-3,6H2,1H3. The zero-order valence-corrected chi connectivity index (χ0v) is 14.4. The monoisotopic (exact) mass is 404 g/mol. The Morgan fingerprint density at radius 2 is 1.82 bits per heavy atom. The predicted molar refractivity (Wildman–Crippen MR) is 86.0 cm³/mol. The number of alkyl halides is 6. The lowest BCUT2D eigenvalue weighted by atomic mass is 10.0. The van der Waals surface area contributed by atoms with E-state index in [1.54, 1.807) is 0 Å². The van der Waals surface area contributed by atoms with Crippen molar-refractivity contribution in [3.8, 4) is 0 Å². The third-order valence-electron chi connectivity index (χ3n) is 4.45. The maximum absolute atomic E-state index is 13.4. The van der Waals surface area contributed by atoms with Crippen LogP contribution in [-0.4, -0.2) is 27.6 Å². The zero-order chi connectivity index (χ0) is 20.9. The lowest BCUT2D eigenvalue weighted by Crippen LogP contribution is -2.38. The van der Waals surface area contributed by atoms with Gasteiger partial charge in [-0.15, -0.1) is 5.10 Å². The largest absolute Gasteiger partial charge is 0.420 e. The Balaban J connectivity index is 2.09.